The van der Waals surface area contributed by atoms with Gasteiger partial charge in [0.2, 0.25) is 0 Å². The molecular weight excluding hydrogens is 164 g/mol. The van der Waals surface area contributed by atoms with E-state index >= 15 is 0 Å². The quantitative estimate of drug-likeness (QED) is 0.637. The number of Topliss-reactive ketones (excluding diaryl/α,β-unsaturated/α-hetero) is 1. The van der Waals surface area contributed by atoms with Gasteiger partial charge in [0.05, 0.1) is 0 Å². The molecule has 1 atom stereocenters. The first-order chi connectivity index (χ1) is 5.90. The van der Waals surface area contributed by atoms with E-state index in [1.54, 1.807) is 14.0 Å². The molecule has 0 aliphatic heterocycles. The van der Waals surface area contributed by atoms with E-state index in [0.29, 0.717) is 12.3 Å². The van der Waals surface area contributed by atoms with Crippen molar-refractivity contribution in [1.82, 2.24) is 0 Å². The zero-order valence-electron chi connectivity index (χ0n) is 9.52. The summed E-state index contributed by atoms with van der Waals surface area (Å²) in [5.41, 5.74) is 0.102. The van der Waals surface area contributed by atoms with Crippen LogP contribution in [0.25, 0.3) is 0 Å². The van der Waals surface area contributed by atoms with Crippen molar-refractivity contribution in [3.8, 4) is 0 Å². The van der Waals surface area contributed by atoms with Gasteiger partial charge in [0.25, 0.3) is 0 Å². The van der Waals surface area contributed by atoms with Gasteiger partial charge < -0.3 is 9.53 Å². The monoisotopic (exact) mass is 186 g/mol. The van der Waals surface area contributed by atoms with Gasteiger partial charge in [-0.1, -0.05) is 20.8 Å². The van der Waals surface area contributed by atoms with Gasteiger partial charge in [-0.05, 0) is 24.7 Å². The molecule has 13 heavy (non-hydrogen) atoms. The number of ether oxygens (including phenoxy) is 1. The van der Waals surface area contributed by atoms with E-state index in [1.807, 2.05) is 0 Å². The van der Waals surface area contributed by atoms with E-state index in [-0.39, 0.29) is 11.2 Å². The topological polar surface area (TPSA) is 26.3 Å². The second kappa shape index (κ2) is 5.38. The third-order valence-corrected chi connectivity index (χ3v) is 2.79. The molecule has 1 unspecified atom stereocenters. The number of hydrogen-bond acceptors (Lipinski definition) is 2. The van der Waals surface area contributed by atoms with Gasteiger partial charge in [0.1, 0.15) is 5.78 Å². The zero-order valence-corrected chi connectivity index (χ0v) is 9.52. The van der Waals surface area contributed by atoms with Crippen LogP contribution in [-0.2, 0) is 9.53 Å². The summed E-state index contributed by atoms with van der Waals surface area (Å²) in [7, 11) is 1.71. The lowest BCUT2D eigenvalue weighted by Gasteiger charge is -2.30. The molecule has 0 aromatic rings. The van der Waals surface area contributed by atoms with Crippen molar-refractivity contribution in [2.45, 2.75) is 40.5 Å². The number of carbonyl (C=O) groups is 1. The average Bonchev–Trinajstić information content (AvgIpc) is 1.97. The molecule has 0 saturated heterocycles. The Bertz CT molecular complexity index is 161. The Hall–Kier alpha value is -0.370. The Morgan fingerprint density at radius 1 is 1.46 bits per heavy atom. The van der Waals surface area contributed by atoms with Crippen molar-refractivity contribution < 1.29 is 9.53 Å². The summed E-state index contributed by atoms with van der Waals surface area (Å²) in [4.78, 5) is 11.0. The van der Waals surface area contributed by atoms with Gasteiger partial charge in [0, 0.05) is 20.1 Å². The third kappa shape index (κ3) is 5.04. The molecule has 0 heterocycles. The minimum atomic E-state index is 0.102. The Kier molecular flexibility index (Phi) is 5.23. The van der Waals surface area contributed by atoms with Crippen LogP contribution in [0.15, 0.2) is 0 Å². The maximum Gasteiger partial charge on any atom is 0.130 e. The number of ketones is 1. The van der Waals surface area contributed by atoms with Crippen LogP contribution in [-0.4, -0.2) is 19.5 Å². The van der Waals surface area contributed by atoms with Crippen molar-refractivity contribution in [1.29, 1.82) is 0 Å². The first kappa shape index (κ1) is 12.6. The molecule has 0 saturated carbocycles. The van der Waals surface area contributed by atoms with Crippen molar-refractivity contribution in [2.24, 2.45) is 11.3 Å². The lowest BCUT2D eigenvalue weighted by Crippen LogP contribution is -2.25. The van der Waals surface area contributed by atoms with E-state index in [2.05, 4.69) is 20.8 Å². The fourth-order valence-electron chi connectivity index (χ4n) is 1.50. The van der Waals surface area contributed by atoms with Crippen molar-refractivity contribution in [3.05, 3.63) is 0 Å². The van der Waals surface area contributed by atoms with Gasteiger partial charge >= 0.3 is 0 Å². The van der Waals surface area contributed by atoms with Crippen LogP contribution in [0.2, 0.25) is 0 Å². The van der Waals surface area contributed by atoms with Gasteiger partial charge in [-0.2, -0.15) is 0 Å². The predicted molar refractivity (Wildman–Crippen MR) is 54.7 cm³/mol. The highest BCUT2D eigenvalue weighted by atomic mass is 16.5. The fraction of sp³-hybridized carbons (Fsp3) is 0.909. The summed E-state index contributed by atoms with van der Waals surface area (Å²) in [5.74, 6) is 0.797. The molecular formula is C11H22O2. The van der Waals surface area contributed by atoms with Gasteiger partial charge in [0.15, 0.2) is 0 Å². The predicted octanol–water partition coefficient (Wildman–Crippen LogP) is 2.66. The van der Waals surface area contributed by atoms with Gasteiger partial charge in [-0.25, -0.2) is 0 Å². The molecule has 0 N–H and O–H groups in total. The van der Waals surface area contributed by atoms with E-state index in [9.17, 15) is 4.79 Å². The lowest BCUT2D eigenvalue weighted by molar-refractivity contribution is -0.119. The van der Waals surface area contributed by atoms with Crippen LogP contribution in [0.1, 0.15) is 40.5 Å². The Morgan fingerprint density at radius 2 is 2.00 bits per heavy atom. The van der Waals surface area contributed by atoms with E-state index in [4.69, 9.17) is 4.74 Å². The summed E-state index contributed by atoms with van der Waals surface area (Å²) in [6.45, 7) is 8.92. The molecule has 0 rings (SSSR count). The molecule has 2 nitrogen and oxygen atoms in total. The molecule has 2 heteroatoms. The fourth-order valence-corrected chi connectivity index (χ4v) is 1.50. The second-order valence-electron chi connectivity index (χ2n) is 4.55. The molecule has 0 bridgehead atoms. The molecule has 0 amide bonds. The van der Waals surface area contributed by atoms with Gasteiger partial charge in [-0.15, -0.1) is 0 Å². The van der Waals surface area contributed by atoms with Crippen molar-refractivity contribution >= 4 is 5.78 Å². The summed E-state index contributed by atoms with van der Waals surface area (Å²) in [5, 5.41) is 0. The molecule has 0 spiro atoms. The van der Waals surface area contributed by atoms with Crippen LogP contribution in [0.3, 0.4) is 0 Å². The molecule has 0 aliphatic carbocycles. The summed E-state index contributed by atoms with van der Waals surface area (Å²) in [6, 6.07) is 0. The van der Waals surface area contributed by atoms with E-state index in [0.717, 1.165) is 13.0 Å². The van der Waals surface area contributed by atoms with E-state index in [1.165, 1.54) is 0 Å². The smallest absolute Gasteiger partial charge is 0.130 e. The van der Waals surface area contributed by atoms with Crippen LogP contribution in [0.4, 0.5) is 0 Å². The Morgan fingerprint density at radius 3 is 2.38 bits per heavy atom. The maximum absolute atomic E-state index is 11.0. The summed E-state index contributed by atoms with van der Waals surface area (Å²) < 4.78 is 5.03. The SMILES string of the molecule is COCCC(C)C(C)(C)CC(C)=O. The Balaban J connectivity index is 4.01. The third-order valence-electron chi connectivity index (χ3n) is 2.79. The molecule has 0 aliphatic rings. The standard InChI is InChI=1S/C11H22O2/c1-9(6-7-13-5)11(3,4)8-10(2)12/h9H,6-8H2,1-5H3. The number of hydrogen-bond donors (Lipinski definition) is 0. The van der Waals surface area contributed by atoms with E-state index < -0.39 is 0 Å². The normalized spacial score (nSPS) is 14.2. The molecule has 0 aromatic heterocycles. The number of rotatable bonds is 6. The zero-order chi connectivity index (χ0) is 10.5. The van der Waals surface area contributed by atoms with Crippen molar-refractivity contribution in [2.75, 3.05) is 13.7 Å². The number of carbonyl (C=O) groups excluding carboxylic acids is 1. The Labute approximate surface area is 81.7 Å². The van der Waals surface area contributed by atoms with Crippen LogP contribution in [0, 0.1) is 11.3 Å². The lowest BCUT2D eigenvalue weighted by atomic mass is 9.75. The van der Waals surface area contributed by atoms with Crippen molar-refractivity contribution in [3.63, 3.8) is 0 Å². The maximum atomic E-state index is 11.0. The molecule has 0 fully saturated rings. The largest absolute Gasteiger partial charge is 0.385 e. The summed E-state index contributed by atoms with van der Waals surface area (Å²) >= 11 is 0. The highest BCUT2D eigenvalue weighted by Gasteiger charge is 2.26. The molecule has 0 aromatic carbocycles. The van der Waals surface area contributed by atoms with Crippen LogP contribution in [0.5, 0.6) is 0 Å². The highest BCUT2D eigenvalue weighted by molar-refractivity contribution is 5.76. The minimum absolute atomic E-state index is 0.102. The molecule has 0 radical (unpaired) electrons. The number of methoxy groups -OCH3 is 1. The highest BCUT2D eigenvalue weighted by Crippen LogP contribution is 2.32. The van der Waals surface area contributed by atoms with Gasteiger partial charge in [-0.3, -0.25) is 0 Å². The first-order valence-electron chi connectivity index (χ1n) is 4.88. The minimum Gasteiger partial charge on any atom is -0.385 e. The van der Waals surface area contributed by atoms with Crippen LogP contribution < -0.4 is 0 Å². The average molecular weight is 186 g/mol. The first-order valence-corrected chi connectivity index (χ1v) is 4.88. The second-order valence-corrected chi connectivity index (χ2v) is 4.55. The summed E-state index contributed by atoms with van der Waals surface area (Å²) in [6.07, 6.45) is 1.69. The molecule has 78 valence electrons. The van der Waals surface area contributed by atoms with Crippen LogP contribution >= 0.6 is 0 Å².